The summed E-state index contributed by atoms with van der Waals surface area (Å²) in [5.41, 5.74) is 1.22. The summed E-state index contributed by atoms with van der Waals surface area (Å²) in [4.78, 5) is 16.4. The van der Waals surface area contributed by atoms with Crippen LogP contribution in [0.5, 0.6) is 0 Å². The van der Waals surface area contributed by atoms with Gasteiger partial charge in [-0.2, -0.15) is 0 Å². The van der Waals surface area contributed by atoms with Gasteiger partial charge in [0, 0.05) is 70.7 Å². The van der Waals surface area contributed by atoms with Crippen LogP contribution in [-0.2, 0) is 6.54 Å². The van der Waals surface area contributed by atoms with Crippen molar-refractivity contribution in [2.75, 3.05) is 63.2 Å². The minimum atomic E-state index is 0.457. The molecule has 0 unspecified atom stereocenters. The van der Waals surface area contributed by atoms with Gasteiger partial charge in [0.15, 0.2) is 5.96 Å². The van der Waals surface area contributed by atoms with Crippen LogP contribution in [0.1, 0.15) is 18.4 Å². The highest BCUT2D eigenvalue weighted by Gasteiger charge is 2.21. The Morgan fingerprint density at radius 3 is 2.60 bits per heavy atom. The number of nitrogens with one attached hydrogen (secondary N) is 2. The second kappa shape index (κ2) is 10.1. The summed E-state index contributed by atoms with van der Waals surface area (Å²) in [6, 6.07) is 8.99. The zero-order chi connectivity index (χ0) is 20.8. The van der Waals surface area contributed by atoms with Crippen molar-refractivity contribution in [1.29, 1.82) is 0 Å². The van der Waals surface area contributed by atoms with Crippen LogP contribution in [0.25, 0.3) is 0 Å². The molecule has 0 aromatic carbocycles. The monoisotopic (exact) mass is 427 g/mol. The Kier molecular flexibility index (Phi) is 7.07. The molecule has 2 aromatic rings. The van der Waals surface area contributed by atoms with Crippen LogP contribution in [0.15, 0.2) is 40.8 Å². The van der Waals surface area contributed by atoms with E-state index in [-0.39, 0.29) is 0 Å². The number of piperazine rings is 1. The van der Waals surface area contributed by atoms with Gasteiger partial charge in [-0.25, -0.2) is 4.98 Å². The maximum absolute atomic E-state index is 4.68. The number of aliphatic imine (C=N–C) groups is 1. The lowest BCUT2D eigenvalue weighted by molar-refractivity contribution is 0.312. The Labute approximate surface area is 183 Å². The number of pyridine rings is 1. The van der Waals surface area contributed by atoms with Crippen LogP contribution < -0.4 is 20.4 Å². The standard InChI is InChI=1S/C22H33N7S/c1-23-22(26-19-7-10-28(11-8-19)20-6-4-16-30-20)25-17-18-5-3-9-24-21(18)29-14-12-27(2)13-15-29/h3-6,9,16,19H,7-8,10-15,17H2,1-2H3,(H2,23,25,26). The van der Waals surface area contributed by atoms with E-state index in [0.717, 1.165) is 70.4 Å². The van der Waals surface area contributed by atoms with Crippen molar-refractivity contribution in [3.63, 3.8) is 0 Å². The lowest BCUT2D eigenvalue weighted by atomic mass is 10.1. The number of thiophene rings is 1. The molecular weight excluding hydrogens is 394 g/mol. The summed E-state index contributed by atoms with van der Waals surface area (Å²) in [5.74, 6) is 1.97. The third-order valence-corrected chi connectivity index (χ3v) is 6.92. The van der Waals surface area contributed by atoms with Gasteiger partial charge >= 0.3 is 0 Å². The Hall–Kier alpha value is -2.32. The third-order valence-electron chi connectivity index (χ3n) is 5.99. The molecule has 162 valence electrons. The van der Waals surface area contributed by atoms with Crippen LogP contribution in [0, 0.1) is 0 Å². The summed E-state index contributed by atoms with van der Waals surface area (Å²) in [6.45, 7) is 7.11. The maximum atomic E-state index is 4.68. The van der Waals surface area contributed by atoms with Gasteiger partial charge in [0.05, 0.1) is 5.00 Å². The van der Waals surface area contributed by atoms with Gasteiger partial charge in [0.2, 0.25) is 0 Å². The van der Waals surface area contributed by atoms with E-state index in [1.807, 2.05) is 30.6 Å². The largest absolute Gasteiger partial charge is 0.363 e. The first-order chi connectivity index (χ1) is 14.7. The number of nitrogens with zero attached hydrogens (tertiary/aromatic N) is 5. The number of hydrogen-bond donors (Lipinski definition) is 2. The highest BCUT2D eigenvalue weighted by Crippen LogP contribution is 2.25. The molecule has 2 N–H and O–H groups in total. The van der Waals surface area contributed by atoms with E-state index in [9.17, 15) is 0 Å². The number of anilines is 2. The van der Waals surface area contributed by atoms with Crippen LogP contribution in [0.4, 0.5) is 10.8 Å². The summed E-state index contributed by atoms with van der Waals surface area (Å²) in [7, 11) is 4.03. The molecule has 0 spiro atoms. The Morgan fingerprint density at radius 2 is 1.90 bits per heavy atom. The van der Waals surface area contributed by atoms with Crippen molar-refractivity contribution < 1.29 is 0 Å². The van der Waals surface area contributed by atoms with E-state index < -0.39 is 0 Å². The lowest BCUT2D eigenvalue weighted by Crippen LogP contribution is -2.48. The molecule has 4 heterocycles. The topological polar surface area (TPSA) is 59.0 Å². The van der Waals surface area contributed by atoms with Gasteiger partial charge in [-0.3, -0.25) is 4.99 Å². The second-order valence-corrected chi connectivity index (χ2v) is 8.99. The van der Waals surface area contributed by atoms with Gasteiger partial charge in [-0.15, -0.1) is 11.3 Å². The fourth-order valence-electron chi connectivity index (χ4n) is 4.13. The quantitative estimate of drug-likeness (QED) is 0.564. The summed E-state index contributed by atoms with van der Waals surface area (Å²) < 4.78 is 0. The fraction of sp³-hybridized carbons (Fsp3) is 0.545. The number of rotatable bonds is 5. The van der Waals surface area contributed by atoms with Gasteiger partial charge in [-0.05, 0) is 43.5 Å². The van der Waals surface area contributed by atoms with Crippen molar-refractivity contribution >= 4 is 28.1 Å². The fourth-order valence-corrected chi connectivity index (χ4v) is 4.92. The summed E-state index contributed by atoms with van der Waals surface area (Å²) in [5, 5.41) is 10.7. The van der Waals surface area contributed by atoms with E-state index in [4.69, 9.17) is 0 Å². The molecule has 0 amide bonds. The smallest absolute Gasteiger partial charge is 0.191 e. The van der Waals surface area contributed by atoms with Crippen molar-refractivity contribution in [3.05, 3.63) is 41.4 Å². The molecule has 7 nitrogen and oxygen atoms in total. The minimum Gasteiger partial charge on any atom is -0.363 e. The van der Waals surface area contributed by atoms with Crippen LogP contribution >= 0.6 is 11.3 Å². The van der Waals surface area contributed by atoms with Gasteiger partial charge in [-0.1, -0.05) is 6.07 Å². The summed E-state index contributed by atoms with van der Waals surface area (Å²) in [6.07, 6.45) is 4.14. The molecule has 2 saturated heterocycles. The van der Waals surface area contributed by atoms with Gasteiger partial charge in [0.1, 0.15) is 5.82 Å². The summed E-state index contributed by atoms with van der Waals surface area (Å²) >= 11 is 1.82. The van der Waals surface area contributed by atoms with Crippen molar-refractivity contribution in [3.8, 4) is 0 Å². The average molecular weight is 428 g/mol. The zero-order valence-corrected chi connectivity index (χ0v) is 18.9. The normalized spacial score (nSPS) is 19.2. The van der Waals surface area contributed by atoms with Crippen molar-refractivity contribution in [2.24, 2.45) is 4.99 Å². The Bertz CT molecular complexity index is 807. The highest BCUT2D eigenvalue weighted by molar-refractivity contribution is 7.14. The average Bonchev–Trinajstić information content (AvgIpc) is 3.33. The molecular formula is C22H33N7S. The molecule has 30 heavy (non-hydrogen) atoms. The van der Waals surface area contributed by atoms with E-state index in [0.29, 0.717) is 6.04 Å². The lowest BCUT2D eigenvalue weighted by Gasteiger charge is -2.34. The third kappa shape index (κ3) is 5.23. The van der Waals surface area contributed by atoms with E-state index in [1.54, 1.807) is 0 Å². The minimum absolute atomic E-state index is 0.457. The number of hydrogen-bond acceptors (Lipinski definition) is 6. The molecule has 2 aliphatic rings. The molecule has 0 radical (unpaired) electrons. The molecule has 0 aliphatic carbocycles. The number of piperidine rings is 1. The van der Waals surface area contributed by atoms with Crippen LogP contribution in [-0.4, -0.2) is 75.2 Å². The van der Waals surface area contributed by atoms with Crippen molar-refractivity contribution in [2.45, 2.75) is 25.4 Å². The van der Waals surface area contributed by atoms with Crippen LogP contribution in [0.2, 0.25) is 0 Å². The van der Waals surface area contributed by atoms with Crippen molar-refractivity contribution in [1.82, 2.24) is 20.5 Å². The first-order valence-electron chi connectivity index (χ1n) is 10.9. The predicted octanol–water partition coefficient (Wildman–Crippen LogP) is 2.23. The molecule has 2 aliphatic heterocycles. The predicted molar refractivity (Wildman–Crippen MR) is 127 cm³/mol. The molecule has 0 atom stereocenters. The van der Waals surface area contributed by atoms with E-state index in [2.05, 4.69) is 65.9 Å². The van der Waals surface area contributed by atoms with E-state index in [1.165, 1.54) is 10.6 Å². The van der Waals surface area contributed by atoms with Gasteiger partial charge in [0.25, 0.3) is 0 Å². The molecule has 2 aromatic heterocycles. The molecule has 2 fully saturated rings. The van der Waals surface area contributed by atoms with Gasteiger partial charge < -0.3 is 25.3 Å². The molecule has 8 heteroatoms. The Morgan fingerprint density at radius 1 is 1.10 bits per heavy atom. The number of guanidine groups is 1. The Balaban J connectivity index is 1.29. The first kappa shape index (κ1) is 20.9. The SMILES string of the molecule is CN=C(NCc1cccnc1N1CCN(C)CC1)NC1CCN(c2cccs2)CC1. The van der Waals surface area contributed by atoms with Crippen LogP contribution in [0.3, 0.4) is 0 Å². The first-order valence-corrected chi connectivity index (χ1v) is 11.7. The molecule has 0 bridgehead atoms. The van der Waals surface area contributed by atoms with E-state index >= 15 is 0 Å². The zero-order valence-electron chi connectivity index (χ0n) is 18.0. The number of likely N-dealkylation sites (N-methyl/N-ethyl adjacent to an activating group) is 1. The number of aromatic nitrogens is 1. The molecule has 4 rings (SSSR count). The second-order valence-electron chi connectivity index (χ2n) is 8.06. The molecule has 0 saturated carbocycles. The maximum Gasteiger partial charge on any atom is 0.191 e. The highest BCUT2D eigenvalue weighted by atomic mass is 32.1.